The van der Waals surface area contributed by atoms with Gasteiger partial charge in [-0.15, -0.1) is 24.0 Å². The predicted octanol–water partition coefficient (Wildman–Crippen LogP) is 3.86. The molecule has 0 amide bonds. The Balaban J connectivity index is 0.00000450. The van der Waals surface area contributed by atoms with Crippen LogP contribution in [0.4, 0.5) is 8.78 Å². The quantitative estimate of drug-likeness (QED) is 0.242. The number of rotatable bonds is 10. The lowest BCUT2D eigenvalue weighted by atomic mass is 10.0. The van der Waals surface area contributed by atoms with Crippen molar-refractivity contribution in [2.75, 3.05) is 19.7 Å². The van der Waals surface area contributed by atoms with Crippen molar-refractivity contribution in [2.45, 2.75) is 39.5 Å². The summed E-state index contributed by atoms with van der Waals surface area (Å²) in [5.41, 5.74) is -0.458. The molecule has 0 aliphatic carbocycles. The lowest BCUT2D eigenvalue weighted by Crippen LogP contribution is -2.44. The number of hydrogen-bond acceptors (Lipinski definition) is 5. The van der Waals surface area contributed by atoms with Crippen LogP contribution in [0.2, 0.25) is 0 Å². The van der Waals surface area contributed by atoms with Crippen LogP contribution in [0.15, 0.2) is 46.0 Å². The van der Waals surface area contributed by atoms with E-state index < -0.39 is 12.2 Å². The third kappa shape index (κ3) is 7.98. The van der Waals surface area contributed by atoms with Crippen LogP contribution in [-0.2, 0) is 12.1 Å². The van der Waals surface area contributed by atoms with Gasteiger partial charge in [0.2, 0.25) is 0 Å². The minimum Gasteiger partial charge on any atom is -0.490 e. The maximum atomic E-state index is 12.5. The monoisotopic (exact) mass is 539 g/mol. The van der Waals surface area contributed by atoms with Crippen molar-refractivity contribution in [3.8, 4) is 11.5 Å². The van der Waals surface area contributed by atoms with Crippen LogP contribution in [0.25, 0.3) is 0 Å². The van der Waals surface area contributed by atoms with E-state index in [-0.39, 0.29) is 48.6 Å². The van der Waals surface area contributed by atoms with Crippen molar-refractivity contribution in [1.29, 1.82) is 0 Å². The first kappa shape index (κ1) is 26.0. The molecule has 2 aromatic rings. The van der Waals surface area contributed by atoms with Gasteiger partial charge in [-0.1, -0.05) is 6.07 Å². The third-order valence-electron chi connectivity index (χ3n) is 3.94. The number of nitrogens with zero attached hydrogens (tertiary/aromatic N) is 1. The van der Waals surface area contributed by atoms with E-state index in [1.165, 1.54) is 12.3 Å². The molecule has 1 aromatic heterocycles. The van der Waals surface area contributed by atoms with Crippen LogP contribution in [0.3, 0.4) is 0 Å². The summed E-state index contributed by atoms with van der Waals surface area (Å²) >= 11 is 0. The standard InChI is InChI=1S/C20H27F2N3O4.HI/c1-4-23-19(25-13-20(3,26)17-7-6-10-28-17)24-12-14-8-9-15(29-18(21)22)16(11-14)27-5-2;/h6-11,18,26H,4-5,12-13H2,1-3H3,(H2,23,24,25);1H. The molecule has 0 saturated heterocycles. The van der Waals surface area contributed by atoms with Gasteiger partial charge in [0.1, 0.15) is 11.4 Å². The average molecular weight is 539 g/mol. The Morgan fingerprint density at radius 1 is 1.23 bits per heavy atom. The number of benzene rings is 1. The molecular weight excluding hydrogens is 511 g/mol. The number of aliphatic imine (C=N–C) groups is 1. The molecule has 1 unspecified atom stereocenters. The number of furan rings is 1. The van der Waals surface area contributed by atoms with Gasteiger partial charge in [0.15, 0.2) is 17.5 Å². The van der Waals surface area contributed by atoms with Crippen molar-refractivity contribution in [3.05, 3.63) is 47.9 Å². The molecule has 0 bridgehead atoms. The van der Waals surface area contributed by atoms with E-state index in [0.717, 1.165) is 5.56 Å². The lowest BCUT2D eigenvalue weighted by Gasteiger charge is -2.22. The minimum atomic E-state index is -2.93. The number of hydrogen-bond donors (Lipinski definition) is 3. The van der Waals surface area contributed by atoms with Crippen molar-refractivity contribution < 1.29 is 27.8 Å². The summed E-state index contributed by atoms with van der Waals surface area (Å²) in [6.45, 7) is 3.78. The van der Waals surface area contributed by atoms with Gasteiger partial charge in [0.25, 0.3) is 0 Å². The van der Waals surface area contributed by atoms with Crippen LogP contribution in [0, 0.1) is 0 Å². The molecule has 0 aliphatic heterocycles. The maximum absolute atomic E-state index is 12.5. The summed E-state index contributed by atoms with van der Waals surface area (Å²) < 4.78 is 40.2. The Bertz CT molecular complexity index is 786. The van der Waals surface area contributed by atoms with Gasteiger partial charge in [-0.3, -0.25) is 0 Å². The highest BCUT2D eigenvalue weighted by Crippen LogP contribution is 2.30. The fraction of sp³-hybridized carbons (Fsp3) is 0.450. The molecular formula is C20H28F2IN3O4. The zero-order valence-electron chi connectivity index (χ0n) is 17.2. The molecule has 7 nitrogen and oxygen atoms in total. The largest absolute Gasteiger partial charge is 0.490 e. The van der Waals surface area contributed by atoms with E-state index in [1.807, 2.05) is 6.92 Å². The highest BCUT2D eigenvalue weighted by atomic mass is 127. The highest BCUT2D eigenvalue weighted by molar-refractivity contribution is 14.0. The topological polar surface area (TPSA) is 88.3 Å². The van der Waals surface area contributed by atoms with E-state index in [2.05, 4.69) is 20.4 Å². The molecule has 30 heavy (non-hydrogen) atoms. The second-order valence-electron chi connectivity index (χ2n) is 6.39. The second-order valence-corrected chi connectivity index (χ2v) is 6.39. The minimum absolute atomic E-state index is 0. The summed E-state index contributed by atoms with van der Waals surface area (Å²) in [4.78, 5) is 4.47. The van der Waals surface area contributed by atoms with Crippen molar-refractivity contribution in [2.24, 2.45) is 4.99 Å². The number of ether oxygens (including phenoxy) is 2. The molecule has 1 atom stereocenters. The molecule has 0 aliphatic rings. The molecule has 168 valence electrons. The van der Waals surface area contributed by atoms with Gasteiger partial charge in [-0.2, -0.15) is 8.78 Å². The van der Waals surface area contributed by atoms with E-state index >= 15 is 0 Å². The van der Waals surface area contributed by atoms with Crippen LogP contribution in [0.5, 0.6) is 11.5 Å². The zero-order chi connectivity index (χ0) is 21.3. The van der Waals surface area contributed by atoms with Gasteiger partial charge >= 0.3 is 6.61 Å². The maximum Gasteiger partial charge on any atom is 0.387 e. The summed E-state index contributed by atoms with van der Waals surface area (Å²) in [7, 11) is 0. The molecule has 10 heteroatoms. The molecule has 2 rings (SSSR count). The van der Waals surface area contributed by atoms with Gasteiger partial charge < -0.3 is 29.6 Å². The zero-order valence-corrected chi connectivity index (χ0v) is 19.5. The van der Waals surface area contributed by atoms with Crippen LogP contribution in [-0.4, -0.2) is 37.4 Å². The average Bonchev–Trinajstić information content (AvgIpc) is 3.21. The number of guanidine groups is 1. The second kappa shape index (κ2) is 12.6. The summed E-state index contributed by atoms with van der Waals surface area (Å²) in [5, 5.41) is 16.7. The number of alkyl halides is 2. The molecule has 0 spiro atoms. The summed E-state index contributed by atoms with van der Waals surface area (Å²) in [5.74, 6) is 1.15. The van der Waals surface area contributed by atoms with Gasteiger partial charge in [-0.05, 0) is 50.6 Å². The molecule has 3 N–H and O–H groups in total. The van der Waals surface area contributed by atoms with Crippen LogP contribution in [0.1, 0.15) is 32.1 Å². The van der Waals surface area contributed by atoms with Crippen LogP contribution >= 0.6 is 24.0 Å². The number of nitrogens with one attached hydrogen (secondary N) is 2. The molecule has 0 fully saturated rings. The Morgan fingerprint density at radius 3 is 2.60 bits per heavy atom. The van der Waals surface area contributed by atoms with Crippen molar-refractivity contribution in [1.82, 2.24) is 10.6 Å². The van der Waals surface area contributed by atoms with Gasteiger partial charge in [0.05, 0.1) is 26.0 Å². The smallest absolute Gasteiger partial charge is 0.387 e. The SMILES string of the molecule is CCNC(=NCc1ccc(OC(F)F)c(OCC)c1)NCC(C)(O)c1ccco1.I. The molecule has 1 heterocycles. The van der Waals surface area contributed by atoms with Crippen molar-refractivity contribution >= 4 is 29.9 Å². The summed E-state index contributed by atoms with van der Waals surface area (Å²) in [6.07, 6.45) is 1.50. The molecule has 0 radical (unpaired) electrons. The van der Waals surface area contributed by atoms with Crippen molar-refractivity contribution in [3.63, 3.8) is 0 Å². The fourth-order valence-corrected chi connectivity index (χ4v) is 2.55. The molecule has 1 aromatic carbocycles. The Kier molecular flexibility index (Phi) is 10.9. The Hall–Kier alpha value is -2.08. The third-order valence-corrected chi connectivity index (χ3v) is 3.94. The van der Waals surface area contributed by atoms with E-state index in [9.17, 15) is 13.9 Å². The van der Waals surface area contributed by atoms with E-state index in [4.69, 9.17) is 9.15 Å². The fourth-order valence-electron chi connectivity index (χ4n) is 2.55. The van der Waals surface area contributed by atoms with Gasteiger partial charge in [-0.25, -0.2) is 4.99 Å². The van der Waals surface area contributed by atoms with Crippen LogP contribution < -0.4 is 20.1 Å². The highest BCUT2D eigenvalue weighted by Gasteiger charge is 2.26. The first-order valence-electron chi connectivity index (χ1n) is 9.34. The van der Waals surface area contributed by atoms with E-state index in [0.29, 0.717) is 24.9 Å². The molecule has 0 saturated carbocycles. The normalized spacial score (nSPS) is 13.4. The summed E-state index contributed by atoms with van der Waals surface area (Å²) in [6, 6.07) is 8.11. The lowest BCUT2D eigenvalue weighted by molar-refractivity contribution is -0.0514. The van der Waals surface area contributed by atoms with Gasteiger partial charge in [0, 0.05) is 6.54 Å². The first-order valence-corrected chi connectivity index (χ1v) is 9.34. The Labute approximate surface area is 191 Å². The number of aliphatic hydroxyl groups is 1. The van der Waals surface area contributed by atoms with E-state index in [1.54, 1.807) is 38.1 Å². The Morgan fingerprint density at radius 2 is 2.00 bits per heavy atom. The first-order chi connectivity index (χ1) is 13.9. The predicted molar refractivity (Wildman–Crippen MR) is 121 cm³/mol. The number of halogens is 3.